The monoisotopic (exact) mass is 209 g/mol. The van der Waals surface area contributed by atoms with Crippen LogP contribution in [-0.4, -0.2) is 24.7 Å². The van der Waals surface area contributed by atoms with E-state index in [2.05, 4.69) is 0 Å². The van der Waals surface area contributed by atoms with E-state index < -0.39 is 4.92 Å². The first kappa shape index (κ1) is 9.92. The van der Waals surface area contributed by atoms with Crippen molar-refractivity contribution in [3.8, 4) is 5.75 Å². The average Bonchev–Trinajstić information content (AvgIpc) is 3.01. The molecule has 5 nitrogen and oxygen atoms in total. The minimum Gasteiger partial charge on any atom is -0.490 e. The maximum atomic E-state index is 10.9. The quantitative estimate of drug-likeness (QED) is 0.428. The molecule has 80 valence electrons. The van der Waals surface area contributed by atoms with Crippen LogP contribution in [0.4, 0.5) is 5.69 Å². The van der Waals surface area contributed by atoms with Gasteiger partial charge in [0.05, 0.1) is 24.7 Å². The molecule has 0 N–H and O–H groups in total. The van der Waals surface area contributed by atoms with Crippen LogP contribution in [-0.2, 0) is 11.2 Å². The lowest BCUT2D eigenvalue weighted by Crippen LogP contribution is -2.01. The molecule has 0 spiro atoms. The molecule has 5 heteroatoms. The van der Waals surface area contributed by atoms with Crippen molar-refractivity contribution in [2.24, 2.45) is 0 Å². The molecule has 1 saturated heterocycles. The third-order valence-corrected chi connectivity index (χ3v) is 2.34. The average molecular weight is 209 g/mol. The third kappa shape index (κ3) is 2.07. The molecule has 2 rings (SSSR count). The second-order valence-corrected chi connectivity index (χ2v) is 3.38. The first-order chi connectivity index (χ1) is 7.22. The van der Waals surface area contributed by atoms with Crippen molar-refractivity contribution in [3.05, 3.63) is 33.9 Å². The highest BCUT2D eigenvalue weighted by molar-refractivity contribution is 5.53. The van der Waals surface area contributed by atoms with Crippen LogP contribution < -0.4 is 4.74 Å². The second-order valence-electron chi connectivity index (χ2n) is 3.38. The minimum absolute atomic E-state index is 0.0514. The van der Waals surface area contributed by atoms with Gasteiger partial charge in [-0.25, -0.2) is 0 Å². The number of para-hydroxylation sites is 1. The number of hydrogen-bond donors (Lipinski definition) is 0. The molecule has 1 heterocycles. The standard InChI is InChI=1S/C10H11NO4/c1-14-9-4-2-3-7(5-8-6-15-8)10(9)11(12)13/h2-4,8H,5-6H2,1H3. The fraction of sp³-hybridized carbons (Fsp3) is 0.400. The largest absolute Gasteiger partial charge is 0.490 e. The molecule has 1 unspecified atom stereocenters. The van der Waals surface area contributed by atoms with Crippen molar-refractivity contribution >= 4 is 5.69 Å². The van der Waals surface area contributed by atoms with Crippen molar-refractivity contribution in [1.29, 1.82) is 0 Å². The van der Waals surface area contributed by atoms with Crippen LogP contribution in [0, 0.1) is 10.1 Å². The highest BCUT2D eigenvalue weighted by Crippen LogP contribution is 2.32. The van der Waals surface area contributed by atoms with Gasteiger partial charge in [-0.1, -0.05) is 12.1 Å². The van der Waals surface area contributed by atoms with Gasteiger partial charge in [-0.3, -0.25) is 10.1 Å². The number of epoxide rings is 1. The topological polar surface area (TPSA) is 64.9 Å². The molecule has 1 fully saturated rings. The molecule has 0 aliphatic carbocycles. The molecule has 0 saturated carbocycles. The number of hydrogen-bond acceptors (Lipinski definition) is 4. The Morgan fingerprint density at radius 2 is 2.40 bits per heavy atom. The number of nitro groups is 1. The van der Waals surface area contributed by atoms with Crippen molar-refractivity contribution < 1.29 is 14.4 Å². The van der Waals surface area contributed by atoms with Gasteiger partial charge < -0.3 is 9.47 Å². The van der Waals surface area contributed by atoms with Crippen LogP contribution in [0.25, 0.3) is 0 Å². The van der Waals surface area contributed by atoms with Gasteiger partial charge >= 0.3 is 5.69 Å². The predicted octanol–water partition coefficient (Wildman–Crippen LogP) is 1.54. The molecule has 0 amide bonds. The third-order valence-electron chi connectivity index (χ3n) is 2.34. The SMILES string of the molecule is COc1cccc(CC2CO2)c1[N+](=O)[O-]. The highest BCUT2D eigenvalue weighted by Gasteiger charge is 2.28. The summed E-state index contributed by atoms with van der Waals surface area (Å²) in [6, 6.07) is 5.08. The summed E-state index contributed by atoms with van der Waals surface area (Å²) in [4.78, 5) is 10.5. The number of nitro benzene ring substituents is 1. The zero-order valence-corrected chi connectivity index (χ0v) is 8.30. The van der Waals surface area contributed by atoms with E-state index in [1.54, 1.807) is 18.2 Å². The Morgan fingerprint density at radius 3 is 2.93 bits per heavy atom. The summed E-state index contributed by atoms with van der Waals surface area (Å²) in [5, 5.41) is 10.9. The number of rotatable bonds is 4. The highest BCUT2D eigenvalue weighted by atomic mass is 16.6. The lowest BCUT2D eigenvalue weighted by atomic mass is 10.1. The summed E-state index contributed by atoms with van der Waals surface area (Å²) >= 11 is 0. The first-order valence-electron chi connectivity index (χ1n) is 4.64. The number of ether oxygens (including phenoxy) is 2. The number of nitrogens with zero attached hydrogens (tertiary/aromatic N) is 1. The van der Waals surface area contributed by atoms with Gasteiger partial charge in [-0.05, 0) is 6.07 Å². The zero-order chi connectivity index (χ0) is 10.8. The van der Waals surface area contributed by atoms with Gasteiger partial charge in [0.1, 0.15) is 0 Å². The van der Waals surface area contributed by atoms with E-state index in [9.17, 15) is 10.1 Å². The number of methoxy groups -OCH3 is 1. The van der Waals surface area contributed by atoms with E-state index in [0.717, 1.165) is 0 Å². The maximum absolute atomic E-state index is 10.9. The Bertz CT molecular complexity index is 387. The molecule has 1 aromatic carbocycles. The van der Waals surface area contributed by atoms with Crippen molar-refractivity contribution in [1.82, 2.24) is 0 Å². The maximum Gasteiger partial charge on any atom is 0.314 e. The Kier molecular flexibility index (Phi) is 2.55. The molecule has 0 aromatic heterocycles. The Labute approximate surface area is 86.8 Å². The molecule has 0 radical (unpaired) electrons. The molecule has 1 aliphatic heterocycles. The van der Waals surface area contributed by atoms with Gasteiger partial charge in [0.2, 0.25) is 0 Å². The van der Waals surface area contributed by atoms with Crippen LogP contribution in [0.2, 0.25) is 0 Å². The Morgan fingerprint density at radius 1 is 1.67 bits per heavy atom. The smallest absolute Gasteiger partial charge is 0.314 e. The second kappa shape index (κ2) is 3.86. The van der Waals surface area contributed by atoms with Crippen LogP contribution >= 0.6 is 0 Å². The molecule has 1 aromatic rings. The van der Waals surface area contributed by atoms with Crippen LogP contribution in [0.1, 0.15) is 5.56 Å². The van der Waals surface area contributed by atoms with E-state index in [4.69, 9.17) is 9.47 Å². The predicted molar refractivity (Wildman–Crippen MR) is 53.1 cm³/mol. The summed E-state index contributed by atoms with van der Waals surface area (Å²) < 4.78 is 10.0. The molecular formula is C10H11NO4. The molecule has 1 atom stereocenters. The Balaban J connectivity index is 2.37. The van der Waals surface area contributed by atoms with Gasteiger partial charge in [-0.2, -0.15) is 0 Å². The van der Waals surface area contributed by atoms with E-state index >= 15 is 0 Å². The molecule has 15 heavy (non-hydrogen) atoms. The van der Waals surface area contributed by atoms with Gasteiger partial charge in [0, 0.05) is 12.0 Å². The van der Waals surface area contributed by atoms with E-state index in [1.807, 2.05) is 0 Å². The van der Waals surface area contributed by atoms with Crippen LogP contribution in [0.3, 0.4) is 0 Å². The molecule has 0 bridgehead atoms. The lowest BCUT2D eigenvalue weighted by Gasteiger charge is -2.05. The first-order valence-corrected chi connectivity index (χ1v) is 4.64. The lowest BCUT2D eigenvalue weighted by molar-refractivity contribution is -0.386. The van der Waals surface area contributed by atoms with Crippen molar-refractivity contribution in [3.63, 3.8) is 0 Å². The normalized spacial score (nSPS) is 18.6. The molecule has 1 aliphatic rings. The summed E-state index contributed by atoms with van der Waals surface area (Å²) in [5.41, 5.74) is 0.720. The van der Waals surface area contributed by atoms with E-state index in [0.29, 0.717) is 24.3 Å². The Hall–Kier alpha value is -1.62. The van der Waals surface area contributed by atoms with E-state index in [-0.39, 0.29) is 11.8 Å². The summed E-state index contributed by atoms with van der Waals surface area (Å²) in [6.07, 6.45) is 0.712. The van der Waals surface area contributed by atoms with Crippen molar-refractivity contribution in [2.75, 3.05) is 13.7 Å². The van der Waals surface area contributed by atoms with Crippen molar-refractivity contribution in [2.45, 2.75) is 12.5 Å². The van der Waals surface area contributed by atoms with Gasteiger partial charge in [0.25, 0.3) is 0 Å². The van der Waals surface area contributed by atoms with Gasteiger partial charge in [0.15, 0.2) is 5.75 Å². The zero-order valence-electron chi connectivity index (χ0n) is 8.30. The minimum atomic E-state index is -0.406. The fourth-order valence-corrected chi connectivity index (χ4v) is 1.54. The summed E-state index contributed by atoms with van der Waals surface area (Å²) in [7, 11) is 1.43. The van der Waals surface area contributed by atoms with Gasteiger partial charge in [-0.15, -0.1) is 0 Å². The van der Waals surface area contributed by atoms with E-state index in [1.165, 1.54) is 7.11 Å². The fourth-order valence-electron chi connectivity index (χ4n) is 1.54. The molecular weight excluding hydrogens is 198 g/mol. The van der Waals surface area contributed by atoms with Crippen LogP contribution in [0.15, 0.2) is 18.2 Å². The summed E-state index contributed by atoms with van der Waals surface area (Å²) in [5.74, 6) is 0.304. The summed E-state index contributed by atoms with van der Waals surface area (Å²) in [6.45, 7) is 0.689. The number of benzene rings is 1. The van der Waals surface area contributed by atoms with Crippen LogP contribution in [0.5, 0.6) is 5.75 Å².